The van der Waals surface area contributed by atoms with Crippen molar-refractivity contribution in [1.82, 2.24) is 0 Å². The van der Waals surface area contributed by atoms with Crippen molar-refractivity contribution in [3.05, 3.63) is 29.6 Å². The Hall–Kier alpha value is -1.42. The zero-order chi connectivity index (χ0) is 12.8. The van der Waals surface area contributed by atoms with Gasteiger partial charge in [0, 0.05) is 6.42 Å². The molecule has 0 aliphatic carbocycles. The van der Waals surface area contributed by atoms with Crippen LogP contribution in [0.3, 0.4) is 0 Å². The van der Waals surface area contributed by atoms with Crippen LogP contribution in [0.5, 0.6) is 5.75 Å². The summed E-state index contributed by atoms with van der Waals surface area (Å²) in [6, 6.07) is 3.95. The minimum Gasteiger partial charge on any atom is -0.496 e. The molecule has 2 N–H and O–H groups in total. The molecule has 1 aromatic carbocycles. The molecule has 0 aromatic heterocycles. The van der Waals surface area contributed by atoms with Gasteiger partial charge in [-0.15, -0.1) is 0 Å². The van der Waals surface area contributed by atoms with Gasteiger partial charge in [0.15, 0.2) is 5.78 Å². The van der Waals surface area contributed by atoms with E-state index >= 15 is 0 Å². The molecule has 1 rings (SSSR count). The summed E-state index contributed by atoms with van der Waals surface area (Å²) in [5, 5.41) is 0. The number of benzene rings is 1. The maximum absolute atomic E-state index is 13.1. The van der Waals surface area contributed by atoms with Crippen molar-refractivity contribution in [2.24, 2.45) is 11.7 Å². The number of carbonyl (C=O) groups is 1. The van der Waals surface area contributed by atoms with Gasteiger partial charge in [-0.25, -0.2) is 4.39 Å². The normalized spacial score (nSPS) is 12.2. The zero-order valence-corrected chi connectivity index (χ0v) is 10.2. The van der Waals surface area contributed by atoms with Gasteiger partial charge in [0.1, 0.15) is 11.6 Å². The molecule has 1 aromatic rings. The first-order chi connectivity index (χ1) is 8.12. The average Bonchev–Trinajstić information content (AvgIpc) is 2.35. The van der Waals surface area contributed by atoms with Gasteiger partial charge in [-0.2, -0.15) is 0 Å². The van der Waals surface area contributed by atoms with Crippen LogP contribution in [-0.2, 0) is 0 Å². The van der Waals surface area contributed by atoms with E-state index in [1.165, 1.54) is 25.3 Å². The quantitative estimate of drug-likeness (QED) is 0.775. The third-order valence-electron chi connectivity index (χ3n) is 2.85. The van der Waals surface area contributed by atoms with E-state index in [0.717, 1.165) is 6.42 Å². The number of halogens is 1. The van der Waals surface area contributed by atoms with Gasteiger partial charge >= 0.3 is 0 Å². The van der Waals surface area contributed by atoms with Crippen molar-refractivity contribution in [3.8, 4) is 5.75 Å². The molecule has 0 aliphatic rings. The van der Waals surface area contributed by atoms with Gasteiger partial charge in [0.05, 0.1) is 12.7 Å². The number of hydrogen-bond donors (Lipinski definition) is 1. The van der Waals surface area contributed by atoms with E-state index < -0.39 is 5.82 Å². The largest absolute Gasteiger partial charge is 0.496 e. The molecular formula is C13H18FNO2. The number of carbonyl (C=O) groups excluding carboxylic acids is 1. The van der Waals surface area contributed by atoms with Gasteiger partial charge in [-0.1, -0.05) is 13.3 Å². The second-order valence-electron chi connectivity index (χ2n) is 3.98. The number of Topliss-reactive ketones (excluding diaryl/α,β-unsaturated/α-hetero) is 1. The number of rotatable bonds is 6. The lowest BCUT2D eigenvalue weighted by Crippen LogP contribution is -2.18. The standard InChI is InChI=1S/C13H18FNO2/c1-3-9(8-15)6-12(16)11-7-10(14)4-5-13(11)17-2/h4-5,7,9H,3,6,8,15H2,1-2H3. The molecule has 0 radical (unpaired) electrons. The summed E-state index contributed by atoms with van der Waals surface area (Å²) in [6.45, 7) is 2.44. The van der Waals surface area contributed by atoms with Crippen molar-refractivity contribution < 1.29 is 13.9 Å². The molecule has 0 saturated heterocycles. The van der Waals surface area contributed by atoms with Crippen LogP contribution in [0.1, 0.15) is 30.1 Å². The number of ketones is 1. The van der Waals surface area contributed by atoms with E-state index in [1.54, 1.807) is 0 Å². The van der Waals surface area contributed by atoms with E-state index in [4.69, 9.17) is 10.5 Å². The highest BCUT2D eigenvalue weighted by Gasteiger charge is 2.17. The van der Waals surface area contributed by atoms with E-state index in [2.05, 4.69) is 0 Å². The third kappa shape index (κ3) is 3.53. The highest BCUT2D eigenvalue weighted by atomic mass is 19.1. The lowest BCUT2D eigenvalue weighted by molar-refractivity contribution is 0.0958. The van der Waals surface area contributed by atoms with Crippen LogP contribution in [-0.4, -0.2) is 19.4 Å². The highest BCUT2D eigenvalue weighted by molar-refractivity contribution is 5.98. The monoisotopic (exact) mass is 239 g/mol. The average molecular weight is 239 g/mol. The summed E-state index contributed by atoms with van der Waals surface area (Å²) < 4.78 is 18.2. The van der Waals surface area contributed by atoms with Crippen LogP contribution >= 0.6 is 0 Å². The Morgan fingerprint density at radius 2 is 2.24 bits per heavy atom. The van der Waals surface area contributed by atoms with E-state index in [1.807, 2.05) is 6.92 Å². The molecule has 0 bridgehead atoms. The minimum absolute atomic E-state index is 0.126. The number of hydrogen-bond acceptors (Lipinski definition) is 3. The topological polar surface area (TPSA) is 52.3 Å². The fourth-order valence-corrected chi connectivity index (χ4v) is 1.66. The lowest BCUT2D eigenvalue weighted by atomic mass is 9.96. The number of methoxy groups -OCH3 is 1. The maximum Gasteiger partial charge on any atom is 0.167 e. The van der Waals surface area contributed by atoms with Gasteiger partial charge in [0.25, 0.3) is 0 Å². The van der Waals surface area contributed by atoms with Crippen molar-refractivity contribution in [2.75, 3.05) is 13.7 Å². The van der Waals surface area contributed by atoms with Crippen molar-refractivity contribution in [2.45, 2.75) is 19.8 Å². The Balaban J connectivity index is 2.90. The van der Waals surface area contributed by atoms with Gasteiger partial charge < -0.3 is 10.5 Å². The molecule has 0 aliphatic heterocycles. The zero-order valence-electron chi connectivity index (χ0n) is 10.2. The van der Waals surface area contributed by atoms with Crippen LogP contribution < -0.4 is 10.5 Å². The molecule has 1 atom stereocenters. The van der Waals surface area contributed by atoms with Gasteiger partial charge in [-0.05, 0) is 30.7 Å². The summed E-state index contributed by atoms with van der Waals surface area (Å²) in [5.41, 5.74) is 5.84. The molecule has 0 amide bonds. The first-order valence-electron chi connectivity index (χ1n) is 5.69. The SMILES string of the molecule is CCC(CN)CC(=O)c1cc(F)ccc1OC. The minimum atomic E-state index is -0.435. The summed E-state index contributed by atoms with van der Waals surface area (Å²) in [7, 11) is 1.46. The van der Waals surface area contributed by atoms with Gasteiger partial charge in [0.2, 0.25) is 0 Å². The van der Waals surface area contributed by atoms with Crippen LogP contribution in [0.2, 0.25) is 0 Å². The van der Waals surface area contributed by atoms with E-state index in [0.29, 0.717) is 24.3 Å². The Morgan fingerprint density at radius 1 is 1.53 bits per heavy atom. The number of nitrogens with two attached hydrogens (primary N) is 1. The Morgan fingerprint density at radius 3 is 2.76 bits per heavy atom. The predicted molar refractivity (Wildman–Crippen MR) is 64.7 cm³/mol. The molecule has 17 heavy (non-hydrogen) atoms. The summed E-state index contributed by atoms with van der Waals surface area (Å²) >= 11 is 0. The molecule has 0 fully saturated rings. The summed E-state index contributed by atoms with van der Waals surface area (Å²) in [4.78, 5) is 12.0. The Kier molecular flexibility index (Phi) is 5.10. The third-order valence-corrected chi connectivity index (χ3v) is 2.85. The number of ether oxygens (including phenoxy) is 1. The lowest BCUT2D eigenvalue weighted by Gasteiger charge is -2.12. The van der Waals surface area contributed by atoms with Crippen molar-refractivity contribution >= 4 is 5.78 Å². The molecule has 0 spiro atoms. The Labute approximate surface area is 101 Å². The molecule has 0 saturated carbocycles. The smallest absolute Gasteiger partial charge is 0.167 e. The highest BCUT2D eigenvalue weighted by Crippen LogP contribution is 2.22. The maximum atomic E-state index is 13.1. The predicted octanol–water partition coefficient (Wildman–Crippen LogP) is 2.39. The fourth-order valence-electron chi connectivity index (χ4n) is 1.66. The van der Waals surface area contributed by atoms with Crippen LogP contribution in [0.4, 0.5) is 4.39 Å². The summed E-state index contributed by atoms with van der Waals surface area (Å²) in [6.07, 6.45) is 1.16. The van der Waals surface area contributed by atoms with Crippen molar-refractivity contribution in [3.63, 3.8) is 0 Å². The van der Waals surface area contributed by atoms with Crippen LogP contribution in [0.15, 0.2) is 18.2 Å². The molecular weight excluding hydrogens is 221 g/mol. The first kappa shape index (κ1) is 13.6. The molecule has 0 heterocycles. The molecule has 3 nitrogen and oxygen atoms in total. The molecule has 4 heteroatoms. The fraction of sp³-hybridized carbons (Fsp3) is 0.462. The van der Waals surface area contributed by atoms with Crippen molar-refractivity contribution in [1.29, 1.82) is 0 Å². The van der Waals surface area contributed by atoms with Crippen LogP contribution in [0.25, 0.3) is 0 Å². The Bertz CT molecular complexity index is 389. The summed E-state index contributed by atoms with van der Waals surface area (Å²) in [5.74, 6) is -0.0210. The first-order valence-corrected chi connectivity index (χ1v) is 5.69. The van der Waals surface area contributed by atoms with Crippen LogP contribution in [0, 0.1) is 11.7 Å². The van der Waals surface area contributed by atoms with E-state index in [9.17, 15) is 9.18 Å². The van der Waals surface area contributed by atoms with E-state index in [-0.39, 0.29) is 11.7 Å². The second kappa shape index (κ2) is 6.35. The molecule has 1 unspecified atom stereocenters. The van der Waals surface area contributed by atoms with Gasteiger partial charge in [-0.3, -0.25) is 4.79 Å². The second-order valence-corrected chi connectivity index (χ2v) is 3.98. The molecule has 94 valence electrons.